The monoisotopic (exact) mass is 310 g/mol. The van der Waals surface area contributed by atoms with Gasteiger partial charge in [0, 0.05) is 12.1 Å². The van der Waals surface area contributed by atoms with Crippen LogP contribution in [0.4, 0.5) is 18.9 Å². The van der Waals surface area contributed by atoms with Crippen molar-refractivity contribution in [1.29, 1.82) is 0 Å². The molecule has 0 amide bonds. The van der Waals surface area contributed by atoms with Crippen molar-refractivity contribution >= 4 is 5.69 Å². The minimum Gasteiger partial charge on any atom is -0.382 e. The van der Waals surface area contributed by atoms with Crippen molar-refractivity contribution in [3.05, 3.63) is 41.9 Å². The summed E-state index contributed by atoms with van der Waals surface area (Å²) in [4.78, 5) is 8.44. The molecule has 0 radical (unpaired) electrons. The maximum Gasteiger partial charge on any atom is 0.416 e. The predicted molar refractivity (Wildman–Crippen MR) is 79.4 cm³/mol. The van der Waals surface area contributed by atoms with Crippen LogP contribution in [0, 0.1) is 6.92 Å². The number of aromatic nitrogens is 2. The van der Waals surface area contributed by atoms with E-state index in [0.29, 0.717) is 35.9 Å². The Hall–Kier alpha value is -2.15. The Balaban J connectivity index is 2.32. The Bertz CT molecular complexity index is 624. The molecule has 2 rings (SSSR count). The SMILES string of the molecule is Cc1ncc(NCCCN)c(-c2ccc(C(F)(F)F)cc2)n1. The number of anilines is 1. The summed E-state index contributed by atoms with van der Waals surface area (Å²) in [5.74, 6) is 0.555. The number of nitrogens with two attached hydrogens (primary N) is 1. The maximum absolute atomic E-state index is 12.6. The van der Waals surface area contributed by atoms with Crippen molar-refractivity contribution < 1.29 is 13.2 Å². The van der Waals surface area contributed by atoms with Crippen LogP contribution in [0.25, 0.3) is 11.3 Å². The van der Waals surface area contributed by atoms with Crippen molar-refractivity contribution in [2.24, 2.45) is 5.73 Å². The summed E-state index contributed by atoms with van der Waals surface area (Å²) in [6.07, 6.45) is -1.94. The number of rotatable bonds is 5. The van der Waals surface area contributed by atoms with E-state index in [1.165, 1.54) is 12.1 Å². The number of hydrogen-bond acceptors (Lipinski definition) is 4. The molecule has 0 atom stereocenters. The third kappa shape index (κ3) is 3.94. The van der Waals surface area contributed by atoms with Crippen LogP contribution < -0.4 is 11.1 Å². The molecule has 0 fully saturated rings. The number of benzene rings is 1. The molecule has 0 spiro atoms. The van der Waals surface area contributed by atoms with Crippen molar-refractivity contribution in [1.82, 2.24) is 9.97 Å². The van der Waals surface area contributed by atoms with E-state index in [-0.39, 0.29) is 0 Å². The van der Waals surface area contributed by atoms with Gasteiger partial charge in [-0.15, -0.1) is 0 Å². The molecule has 0 unspecified atom stereocenters. The van der Waals surface area contributed by atoms with Crippen molar-refractivity contribution in [2.45, 2.75) is 19.5 Å². The number of alkyl halides is 3. The number of aryl methyl sites for hydroxylation is 1. The molecule has 2 aromatic rings. The van der Waals surface area contributed by atoms with Gasteiger partial charge in [-0.3, -0.25) is 0 Å². The summed E-state index contributed by atoms with van der Waals surface area (Å²) in [7, 11) is 0. The van der Waals surface area contributed by atoms with E-state index in [2.05, 4.69) is 15.3 Å². The second kappa shape index (κ2) is 6.74. The normalized spacial score (nSPS) is 11.5. The minimum atomic E-state index is -4.34. The van der Waals surface area contributed by atoms with Gasteiger partial charge in [-0.1, -0.05) is 12.1 Å². The zero-order valence-corrected chi connectivity index (χ0v) is 12.1. The topological polar surface area (TPSA) is 63.8 Å². The molecule has 0 saturated heterocycles. The smallest absolute Gasteiger partial charge is 0.382 e. The summed E-state index contributed by atoms with van der Waals surface area (Å²) >= 11 is 0. The van der Waals surface area contributed by atoms with E-state index in [9.17, 15) is 13.2 Å². The number of hydrogen-bond donors (Lipinski definition) is 2. The van der Waals surface area contributed by atoms with E-state index in [0.717, 1.165) is 18.6 Å². The van der Waals surface area contributed by atoms with E-state index < -0.39 is 11.7 Å². The van der Waals surface area contributed by atoms with E-state index in [1.54, 1.807) is 13.1 Å². The highest BCUT2D eigenvalue weighted by atomic mass is 19.4. The average Bonchev–Trinajstić information content (AvgIpc) is 2.48. The fraction of sp³-hybridized carbons (Fsp3) is 0.333. The van der Waals surface area contributed by atoms with Crippen LogP contribution in [0.15, 0.2) is 30.5 Å². The van der Waals surface area contributed by atoms with Crippen LogP contribution in [0.3, 0.4) is 0 Å². The summed E-state index contributed by atoms with van der Waals surface area (Å²) in [5.41, 5.74) is 6.63. The Morgan fingerprint density at radius 2 is 1.86 bits per heavy atom. The first-order valence-electron chi connectivity index (χ1n) is 6.87. The van der Waals surface area contributed by atoms with Gasteiger partial charge in [-0.25, -0.2) is 9.97 Å². The van der Waals surface area contributed by atoms with Crippen LogP contribution in [0.1, 0.15) is 17.8 Å². The van der Waals surface area contributed by atoms with Gasteiger partial charge < -0.3 is 11.1 Å². The quantitative estimate of drug-likeness (QED) is 0.832. The van der Waals surface area contributed by atoms with Gasteiger partial charge in [0.15, 0.2) is 0 Å². The molecule has 0 aliphatic heterocycles. The summed E-state index contributed by atoms with van der Waals surface area (Å²) in [6, 6.07) is 4.93. The first kappa shape index (κ1) is 16.2. The molecule has 3 N–H and O–H groups in total. The molecule has 7 heteroatoms. The average molecular weight is 310 g/mol. The molecule has 1 aromatic carbocycles. The second-order valence-corrected chi connectivity index (χ2v) is 4.82. The van der Waals surface area contributed by atoms with Crippen LogP contribution in [-0.2, 0) is 6.18 Å². The highest BCUT2D eigenvalue weighted by Gasteiger charge is 2.30. The molecule has 0 aliphatic rings. The summed E-state index contributed by atoms with van der Waals surface area (Å²) in [5, 5.41) is 3.16. The third-order valence-electron chi connectivity index (χ3n) is 3.09. The zero-order chi connectivity index (χ0) is 16.2. The minimum absolute atomic E-state index is 0.551. The number of nitrogens with zero attached hydrogens (tertiary/aromatic N) is 2. The van der Waals surface area contributed by atoms with Gasteiger partial charge in [0.2, 0.25) is 0 Å². The zero-order valence-electron chi connectivity index (χ0n) is 12.1. The lowest BCUT2D eigenvalue weighted by Gasteiger charge is -2.12. The molecule has 0 aliphatic carbocycles. The van der Waals surface area contributed by atoms with Crippen LogP contribution >= 0.6 is 0 Å². The Morgan fingerprint density at radius 3 is 2.45 bits per heavy atom. The largest absolute Gasteiger partial charge is 0.416 e. The Labute approximate surface area is 126 Å². The Kier molecular flexibility index (Phi) is 4.97. The summed E-state index contributed by atoms with van der Waals surface area (Å²) < 4.78 is 37.9. The highest BCUT2D eigenvalue weighted by Crippen LogP contribution is 2.32. The van der Waals surface area contributed by atoms with Gasteiger partial charge in [-0.05, 0) is 32.0 Å². The molecular weight excluding hydrogens is 293 g/mol. The van der Waals surface area contributed by atoms with Gasteiger partial charge in [0.25, 0.3) is 0 Å². The van der Waals surface area contributed by atoms with Crippen LogP contribution in [0.2, 0.25) is 0 Å². The summed E-state index contributed by atoms with van der Waals surface area (Å²) in [6.45, 7) is 2.93. The molecule has 22 heavy (non-hydrogen) atoms. The van der Waals surface area contributed by atoms with Gasteiger partial charge in [-0.2, -0.15) is 13.2 Å². The fourth-order valence-corrected chi connectivity index (χ4v) is 1.96. The molecule has 1 heterocycles. The van der Waals surface area contributed by atoms with Crippen molar-refractivity contribution in [3.8, 4) is 11.3 Å². The molecule has 118 valence electrons. The first-order chi connectivity index (χ1) is 10.4. The standard InChI is InChI=1S/C15H17F3N4/c1-10-21-9-13(20-8-2-7-19)14(22-10)11-3-5-12(6-4-11)15(16,17)18/h3-6,9,20H,2,7-8,19H2,1H3. The van der Waals surface area contributed by atoms with Gasteiger partial charge >= 0.3 is 6.18 Å². The van der Waals surface area contributed by atoms with Gasteiger partial charge in [0.05, 0.1) is 23.1 Å². The van der Waals surface area contributed by atoms with Gasteiger partial charge in [0.1, 0.15) is 5.82 Å². The highest BCUT2D eigenvalue weighted by molar-refractivity contribution is 5.73. The predicted octanol–water partition coefficient (Wildman–Crippen LogP) is 3.23. The fourth-order valence-electron chi connectivity index (χ4n) is 1.96. The lowest BCUT2D eigenvalue weighted by molar-refractivity contribution is -0.137. The Morgan fingerprint density at radius 1 is 1.18 bits per heavy atom. The van der Waals surface area contributed by atoms with Crippen LogP contribution in [0.5, 0.6) is 0 Å². The third-order valence-corrected chi connectivity index (χ3v) is 3.09. The van der Waals surface area contributed by atoms with E-state index in [1.807, 2.05) is 0 Å². The maximum atomic E-state index is 12.6. The molecule has 0 bridgehead atoms. The lowest BCUT2D eigenvalue weighted by Crippen LogP contribution is -2.10. The molecule has 1 aromatic heterocycles. The molecule has 0 saturated carbocycles. The van der Waals surface area contributed by atoms with E-state index in [4.69, 9.17) is 5.73 Å². The number of halogens is 3. The van der Waals surface area contributed by atoms with E-state index >= 15 is 0 Å². The van der Waals surface area contributed by atoms with Crippen molar-refractivity contribution in [2.75, 3.05) is 18.4 Å². The first-order valence-corrected chi connectivity index (χ1v) is 6.87. The number of nitrogens with one attached hydrogen (secondary N) is 1. The molecular formula is C15H17F3N4. The molecule has 4 nitrogen and oxygen atoms in total. The van der Waals surface area contributed by atoms with Crippen molar-refractivity contribution in [3.63, 3.8) is 0 Å². The van der Waals surface area contributed by atoms with Crippen LogP contribution in [-0.4, -0.2) is 23.1 Å². The lowest BCUT2D eigenvalue weighted by atomic mass is 10.1. The second-order valence-electron chi connectivity index (χ2n) is 4.82.